The van der Waals surface area contributed by atoms with Crippen molar-refractivity contribution in [3.63, 3.8) is 0 Å². The second kappa shape index (κ2) is 9.33. The number of hydrogen-bond donors (Lipinski definition) is 1. The fourth-order valence-electron chi connectivity index (χ4n) is 2.76. The molecule has 1 saturated heterocycles. The van der Waals surface area contributed by atoms with Crippen molar-refractivity contribution >= 4 is 17.7 Å². The highest BCUT2D eigenvalue weighted by atomic mass is 16.5. The third-order valence-corrected chi connectivity index (χ3v) is 4.05. The van der Waals surface area contributed by atoms with E-state index in [2.05, 4.69) is 9.88 Å². The van der Waals surface area contributed by atoms with Crippen LogP contribution in [-0.2, 0) is 14.3 Å². The summed E-state index contributed by atoms with van der Waals surface area (Å²) in [7, 11) is 1.53. The number of esters is 1. The molecular formula is C17H26N4O4. The molecule has 8 nitrogen and oxygen atoms in total. The lowest BCUT2D eigenvalue weighted by Gasteiger charge is -2.24. The van der Waals surface area contributed by atoms with Crippen molar-refractivity contribution in [2.75, 3.05) is 51.4 Å². The van der Waals surface area contributed by atoms with E-state index >= 15 is 0 Å². The van der Waals surface area contributed by atoms with Crippen LogP contribution in [0.3, 0.4) is 0 Å². The average Bonchev–Trinajstić information content (AvgIpc) is 2.88. The highest BCUT2D eigenvalue weighted by Crippen LogP contribution is 2.15. The van der Waals surface area contributed by atoms with E-state index in [1.54, 1.807) is 24.0 Å². The zero-order valence-corrected chi connectivity index (χ0v) is 14.8. The van der Waals surface area contributed by atoms with E-state index in [1.807, 2.05) is 0 Å². The Morgan fingerprint density at radius 1 is 1.28 bits per heavy atom. The summed E-state index contributed by atoms with van der Waals surface area (Å²) in [6.45, 7) is 5.01. The number of ether oxygens (including phenoxy) is 2. The number of carbonyl (C=O) groups is 2. The Morgan fingerprint density at radius 3 is 2.72 bits per heavy atom. The van der Waals surface area contributed by atoms with Gasteiger partial charge in [0.2, 0.25) is 5.91 Å². The van der Waals surface area contributed by atoms with Crippen molar-refractivity contribution < 1.29 is 19.1 Å². The third-order valence-electron chi connectivity index (χ3n) is 4.05. The second-order valence-electron chi connectivity index (χ2n) is 5.85. The number of nitrogens with zero attached hydrogens (tertiary/aromatic N) is 3. The van der Waals surface area contributed by atoms with Gasteiger partial charge in [-0.25, -0.2) is 9.78 Å². The van der Waals surface area contributed by atoms with Gasteiger partial charge in [-0.15, -0.1) is 0 Å². The van der Waals surface area contributed by atoms with Gasteiger partial charge < -0.3 is 25.0 Å². The molecule has 0 spiro atoms. The van der Waals surface area contributed by atoms with Gasteiger partial charge >= 0.3 is 5.97 Å². The van der Waals surface area contributed by atoms with Crippen LogP contribution in [0.2, 0.25) is 0 Å². The maximum Gasteiger partial charge on any atom is 0.339 e. The molecule has 1 atom stereocenters. The van der Waals surface area contributed by atoms with E-state index in [4.69, 9.17) is 15.2 Å². The first kappa shape index (κ1) is 19.1. The fraction of sp³-hybridized carbons (Fsp3) is 0.588. The maximum absolute atomic E-state index is 12.3. The lowest BCUT2D eigenvalue weighted by atomic mass is 10.2. The molecule has 1 amide bonds. The van der Waals surface area contributed by atoms with Gasteiger partial charge in [0.1, 0.15) is 11.9 Å². The fourth-order valence-corrected chi connectivity index (χ4v) is 2.76. The van der Waals surface area contributed by atoms with E-state index in [9.17, 15) is 9.59 Å². The first-order valence-corrected chi connectivity index (χ1v) is 8.48. The zero-order chi connectivity index (χ0) is 18.2. The van der Waals surface area contributed by atoms with E-state index in [-0.39, 0.29) is 18.5 Å². The van der Waals surface area contributed by atoms with Gasteiger partial charge in [0.15, 0.2) is 0 Å². The Balaban J connectivity index is 1.96. The summed E-state index contributed by atoms with van der Waals surface area (Å²) < 4.78 is 9.91. The molecule has 2 rings (SSSR count). The molecule has 8 heteroatoms. The molecule has 0 radical (unpaired) electrons. The molecule has 1 unspecified atom stereocenters. The molecule has 138 valence electrons. The van der Waals surface area contributed by atoms with Crippen molar-refractivity contribution in [3.05, 3.63) is 23.9 Å². The van der Waals surface area contributed by atoms with Crippen molar-refractivity contribution in [3.8, 4) is 0 Å². The van der Waals surface area contributed by atoms with Crippen LogP contribution in [-0.4, -0.2) is 74.3 Å². The number of amides is 1. The molecule has 0 saturated carbocycles. The standard InChI is InChI=1S/C17H26N4O4/c1-3-25-17(23)13-5-6-15(19-11-13)20-7-4-8-21(10-9-20)16(22)14(18)12-24-2/h5-6,11,14H,3-4,7-10,12,18H2,1-2H3. The van der Waals surface area contributed by atoms with Crippen LogP contribution >= 0.6 is 0 Å². The minimum Gasteiger partial charge on any atom is -0.462 e. The van der Waals surface area contributed by atoms with Crippen molar-refractivity contribution in [2.45, 2.75) is 19.4 Å². The number of pyridine rings is 1. The van der Waals surface area contributed by atoms with Crippen molar-refractivity contribution in [1.82, 2.24) is 9.88 Å². The predicted molar refractivity (Wildman–Crippen MR) is 93.5 cm³/mol. The SMILES string of the molecule is CCOC(=O)c1ccc(N2CCCN(C(=O)C(N)COC)CC2)nc1. The number of anilines is 1. The first-order chi connectivity index (χ1) is 12.1. The maximum atomic E-state index is 12.3. The van der Waals surface area contributed by atoms with Gasteiger partial charge in [0, 0.05) is 39.5 Å². The number of methoxy groups -OCH3 is 1. The van der Waals surface area contributed by atoms with E-state index < -0.39 is 6.04 Å². The Labute approximate surface area is 147 Å². The summed E-state index contributed by atoms with van der Waals surface area (Å²) in [5, 5.41) is 0. The molecular weight excluding hydrogens is 324 g/mol. The molecule has 2 heterocycles. The van der Waals surface area contributed by atoms with Crippen LogP contribution in [0.5, 0.6) is 0 Å². The van der Waals surface area contributed by atoms with Crippen LogP contribution < -0.4 is 10.6 Å². The summed E-state index contributed by atoms with van der Waals surface area (Å²) in [6, 6.07) is 2.89. The van der Waals surface area contributed by atoms with Crippen molar-refractivity contribution in [2.24, 2.45) is 5.73 Å². The second-order valence-corrected chi connectivity index (χ2v) is 5.85. The van der Waals surface area contributed by atoms with Gasteiger partial charge in [-0.05, 0) is 25.5 Å². The normalized spacial score (nSPS) is 16.3. The van der Waals surface area contributed by atoms with Gasteiger partial charge in [-0.1, -0.05) is 0 Å². The van der Waals surface area contributed by atoms with Crippen LogP contribution in [0.4, 0.5) is 5.82 Å². The van der Waals surface area contributed by atoms with Crippen LogP contribution in [0.15, 0.2) is 18.3 Å². The lowest BCUT2D eigenvalue weighted by molar-refractivity contribution is -0.133. The van der Waals surface area contributed by atoms with Crippen LogP contribution in [0.1, 0.15) is 23.7 Å². The number of hydrogen-bond acceptors (Lipinski definition) is 7. The quantitative estimate of drug-likeness (QED) is 0.735. The Bertz CT molecular complexity index is 579. The van der Waals surface area contributed by atoms with Crippen LogP contribution in [0, 0.1) is 0 Å². The minimum absolute atomic E-state index is 0.0886. The average molecular weight is 350 g/mol. The number of aromatic nitrogens is 1. The monoisotopic (exact) mass is 350 g/mol. The number of nitrogens with two attached hydrogens (primary N) is 1. The van der Waals surface area contributed by atoms with Gasteiger partial charge in [-0.2, -0.15) is 0 Å². The molecule has 25 heavy (non-hydrogen) atoms. The summed E-state index contributed by atoms with van der Waals surface area (Å²) >= 11 is 0. The van der Waals surface area contributed by atoms with E-state index in [0.29, 0.717) is 31.8 Å². The zero-order valence-electron chi connectivity index (χ0n) is 14.8. The molecule has 1 aliphatic heterocycles. The molecule has 1 aromatic heterocycles. The Morgan fingerprint density at radius 2 is 2.08 bits per heavy atom. The van der Waals surface area contributed by atoms with Gasteiger partial charge in [-0.3, -0.25) is 4.79 Å². The predicted octanol–water partition coefficient (Wildman–Crippen LogP) is 0.271. The van der Waals surface area contributed by atoms with E-state index in [0.717, 1.165) is 18.8 Å². The lowest BCUT2D eigenvalue weighted by Crippen LogP contribution is -2.47. The summed E-state index contributed by atoms with van der Waals surface area (Å²) in [5.74, 6) is 0.319. The van der Waals surface area contributed by atoms with E-state index in [1.165, 1.54) is 13.3 Å². The van der Waals surface area contributed by atoms with Gasteiger partial charge in [0.25, 0.3) is 0 Å². The summed E-state index contributed by atoms with van der Waals surface area (Å²) in [5.41, 5.74) is 6.27. The molecule has 1 aliphatic rings. The molecule has 0 aromatic carbocycles. The minimum atomic E-state index is -0.626. The summed E-state index contributed by atoms with van der Waals surface area (Å²) in [6.07, 6.45) is 2.35. The Kier molecular flexibility index (Phi) is 7.15. The first-order valence-electron chi connectivity index (χ1n) is 8.48. The number of rotatable bonds is 6. The third kappa shape index (κ3) is 5.14. The highest BCUT2D eigenvalue weighted by molar-refractivity contribution is 5.89. The van der Waals surface area contributed by atoms with Gasteiger partial charge in [0.05, 0.1) is 18.8 Å². The molecule has 1 aromatic rings. The molecule has 1 fully saturated rings. The van der Waals surface area contributed by atoms with Crippen molar-refractivity contribution in [1.29, 1.82) is 0 Å². The number of carbonyl (C=O) groups excluding carboxylic acids is 2. The largest absolute Gasteiger partial charge is 0.462 e. The molecule has 2 N–H and O–H groups in total. The summed E-state index contributed by atoms with van der Waals surface area (Å²) in [4.78, 5) is 32.2. The van der Waals surface area contributed by atoms with Crippen LogP contribution in [0.25, 0.3) is 0 Å². The Hall–Kier alpha value is -2.19. The topological polar surface area (TPSA) is 98.0 Å². The molecule has 0 aliphatic carbocycles. The highest BCUT2D eigenvalue weighted by Gasteiger charge is 2.24. The molecule has 0 bridgehead atoms. The smallest absolute Gasteiger partial charge is 0.339 e.